The number of nitrogens with one attached hydrogen (secondary N) is 1. The molecule has 0 aliphatic heterocycles. The molecule has 24 heavy (non-hydrogen) atoms. The summed E-state index contributed by atoms with van der Waals surface area (Å²) in [6.45, 7) is 7.05. The van der Waals surface area contributed by atoms with Crippen LogP contribution in [0.3, 0.4) is 0 Å². The van der Waals surface area contributed by atoms with Gasteiger partial charge in [-0.25, -0.2) is 9.78 Å². The minimum Gasteiger partial charge on any atom is -0.454 e. The van der Waals surface area contributed by atoms with Crippen molar-refractivity contribution in [3.8, 4) is 0 Å². The van der Waals surface area contributed by atoms with E-state index in [-0.39, 0.29) is 12.4 Å². The summed E-state index contributed by atoms with van der Waals surface area (Å²) in [5, 5.41) is 0. The van der Waals surface area contributed by atoms with Crippen LogP contribution in [0.25, 0.3) is 5.65 Å². The molecule has 0 amide bonds. The predicted octanol–water partition coefficient (Wildman–Crippen LogP) is 3.15. The van der Waals surface area contributed by atoms with Crippen molar-refractivity contribution < 1.29 is 14.3 Å². The van der Waals surface area contributed by atoms with Gasteiger partial charge in [-0.3, -0.25) is 4.79 Å². The lowest BCUT2D eigenvalue weighted by molar-refractivity contribution is 0.0461. The van der Waals surface area contributed by atoms with E-state index < -0.39 is 5.97 Å². The van der Waals surface area contributed by atoms with E-state index >= 15 is 0 Å². The minimum atomic E-state index is -0.489. The van der Waals surface area contributed by atoms with Crippen molar-refractivity contribution in [2.24, 2.45) is 0 Å². The van der Waals surface area contributed by atoms with Crippen LogP contribution in [-0.4, -0.2) is 26.1 Å². The first kappa shape index (κ1) is 16.0. The van der Waals surface area contributed by atoms with Crippen LogP contribution in [0.2, 0.25) is 0 Å². The maximum atomic E-state index is 12.3. The number of ether oxygens (including phenoxy) is 1. The number of aromatic nitrogens is 3. The van der Waals surface area contributed by atoms with E-state index in [4.69, 9.17) is 4.74 Å². The smallest absolute Gasteiger partial charge is 0.355 e. The molecule has 1 N–H and O–H groups in total. The van der Waals surface area contributed by atoms with Gasteiger partial charge >= 0.3 is 5.97 Å². The van der Waals surface area contributed by atoms with E-state index in [2.05, 4.69) is 9.97 Å². The number of aryl methyl sites for hydroxylation is 2. The number of rotatable bonds is 4. The highest BCUT2D eigenvalue weighted by molar-refractivity contribution is 6.01. The number of pyridine rings is 1. The van der Waals surface area contributed by atoms with Crippen molar-refractivity contribution in [2.45, 2.75) is 34.3 Å². The van der Waals surface area contributed by atoms with Crippen LogP contribution in [0.1, 0.15) is 50.3 Å². The van der Waals surface area contributed by atoms with Crippen molar-refractivity contribution in [3.05, 3.63) is 58.3 Å². The molecule has 3 aromatic rings. The number of hydrogen-bond donors (Lipinski definition) is 1. The minimum absolute atomic E-state index is 0.0730. The van der Waals surface area contributed by atoms with Crippen molar-refractivity contribution in [1.29, 1.82) is 0 Å². The lowest BCUT2D eigenvalue weighted by atomic mass is 10.1. The van der Waals surface area contributed by atoms with Gasteiger partial charge in [0.15, 0.2) is 5.78 Å². The third-order valence-corrected chi connectivity index (χ3v) is 4.07. The molecule has 0 radical (unpaired) electrons. The van der Waals surface area contributed by atoms with Gasteiger partial charge in [-0.05, 0) is 44.9 Å². The quantitative estimate of drug-likeness (QED) is 0.590. The molecule has 6 nitrogen and oxygen atoms in total. The Morgan fingerprint density at radius 2 is 2.04 bits per heavy atom. The number of imidazole rings is 1. The molecular formula is C18H19N3O3. The highest BCUT2D eigenvalue weighted by atomic mass is 16.5. The van der Waals surface area contributed by atoms with Gasteiger partial charge in [0.2, 0.25) is 0 Å². The van der Waals surface area contributed by atoms with Crippen LogP contribution < -0.4 is 0 Å². The van der Waals surface area contributed by atoms with Crippen LogP contribution in [0, 0.1) is 20.8 Å². The van der Waals surface area contributed by atoms with Crippen molar-refractivity contribution >= 4 is 17.4 Å². The summed E-state index contributed by atoms with van der Waals surface area (Å²) in [5.74, 6) is -0.562. The van der Waals surface area contributed by atoms with Crippen LogP contribution >= 0.6 is 0 Å². The van der Waals surface area contributed by atoms with Crippen LogP contribution in [0.15, 0.2) is 24.5 Å². The second kappa shape index (κ2) is 5.96. The third-order valence-electron chi connectivity index (χ3n) is 4.07. The fourth-order valence-corrected chi connectivity index (χ4v) is 2.97. The summed E-state index contributed by atoms with van der Waals surface area (Å²) in [6.07, 6.45) is 3.74. The van der Waals surface area contributed by atoms with Crippen LogP contribution in [0.4, 0.5) is 0 Å². The maximum Gasteiger partial charge on any atom is 0.355 e. The number of H-pyrrole nitrogens is 1. The molecule has 0 spiro atoms. The molecule has 0 aliphatic rings. The molecule has 0 saturated heterocycles. The number of hydrogen-bond acceptors (Lipinski definition) is 4. The molecule has 0 aromatic carbocycles. The Kier molecular flexibility index (Phi) is 3.97. The van der Waals surface area contributed by atoms with E-state index in [1.807, 2.05) is 35.9 Å². The van der Waals surface area contributed by atoms with E-state index in [9.17, 15) is 9.59 Å². The lowest BCUT2D eigenvalue weighted by Gasteiger charge is -2.02. The number of ketones is 1. The standard InChI is InChI=1S/C18H19N3O3/c1-10-6-5-7-21-8-14(20-17(10)21)9-24-18(23)16-11(2)15(13(4)22)12(3)19-16/h5-8,19H,9H2,1-4H3. The number of nitrogens with zero attached hydrogens (tertiary/aromatic N) is 2. The summed E-state index contributed by atoms with van der Waals surface area (Å²) >= 11 is 0. The normalized spacial score (nSPS) is 11.0. The highest BCUT2D eigenvalue weighted by Gasteiger charge is 2.21. The summed E-state index contributed by atoms with van der Waals surface area (Å²) in [5.41, 5.74) is 4.73. The Morgan fingerprint density at radius 3 is 2.67 bits per heavy atom. The van der Waals surface area contributed by atoms with Crippen LogP contribution in [0.5, 0.6) is 0 Å². The summed E-state index contributed by atoms with van der Waals surface area (Å²) in [6, 6.07) is 3.92. The van der Waals surface area contributed by atoms with Crippen molar-refractivity contribution in [1.82, 2.24) is 14.4 Å². The van der Waals surface area contributed by atoms with Gasteiger partial charge in [-0.2, -0.15) is 0 Å². The summed E-state index contributed by atoms with van der Waals surface area (Å²) in [7, 11) is 0. The molecule has 3 rings (SSSR count). The van der Waals surface area contributed by atoms with Gasteiger partial charge in [0.25, 0.3) is 0 Å². The SMILES string of the molecule is CC(=O)c1c(C)[nH]c(C(=O)OCc2cn3cccc(C)c3n2)c1C. The fourth-order valence-electron chi connectivity index (χ4n) is 2.97. The van der Waals surface area contributed by atoms with Gasteiger partial charge in [0, 0.05) is 23.7 Å². The van der Waals surface area contributed by atoms with Gasteiger partial charge < -0.3 is 14.1 Å². The van der Waals surface area contributed by atoms with Gasteiger partial charge in [0.1, 0.15) is 17.9 Å². The maximum absolute atomic E-state index is 12.3. The summed E-state index contributed by atoms with van der Waals surface area (Å²) < 4.78 is 7.25. The topological polar surface area (TPSA) is 76.5 Å². The average Bonchev–Trinajstić information content (AvgIpc) is 3.06. The Hall–Kier alpha value is -2.89. The zero-order chi connectivity index (χ0) is 17.4. The zero-order valence-corrected chi connectivity index (χ0v) is 14.1. The van der Waals surface area contributed by atoms with Gasteiger partial charge in [0.05, 0.1) is 5.69 Å². The Bertz CT molecular complexity index is 950. The fraction of sp³-hybridized carbons (Fsp3) is 0.278. The molecule has 0 atom stereocenters. The number of fused-ring (bicyclic) bond motifs is 1. The molecule has 0 bridgehead atoms. The first-order chi connectivity index (χ1) is 11.4. The van der Waals surface area contributed by atoms with E-state index in [0.29, 0.717) is 28.2 Å². The monoisotopic (exact) mass is 325 g/mol. The Morgan fingerprint density at radius 1 is 1.29 bits per heavy atom. The number of carbonyl (C=O) groups excluding carboxylic acids is 2. The molecule has 0 unspecified atom stereocenters. The van der Waals surface area contributed by atoms with E-state index in [1.165, 1.54) is 6.92 Å². The largest absolute Gasteiger partial charge is 0.454 e. The van der Waals surface area contributed by atoms with E-state index in [1.54, 1.807) is 13.8 Å². The zero-order valence-electron chi connectivity index (χ0n) is 14.1. The van der Waals surface area contributed by atoms with Gasteiger partial charge in [-0.1, -0.05) is 6.07 Å². The van der Waals surface area contributed by atoms with Crippen molar-refractivity contribution in [2.75, 3.05) is 0 Å². The number of aromatic amines is 1. The van der Waals surface area contributed by atoms with E-state index in [0.717, 1.165) is 11.2 Å². The first-order valence-electron chi connectivity index (χ1n) is 7.69. The third kappa shape index (κ3) is 2.71. The molecular weight excluding hydrogens is 306 g/mol. The van der Waals surface area contributed by atoms with Gasteiger partial charge in [-0.15, -0.1) is 0 Å². The predicted molar refractivity (Wildman–Crippen MR) is 89.3 cm³/mol. The van der Waals surface area contributed by atoms with Crippen molar-refractivity contribution in [3.63, 3.8) is 0 Å². The first-order valence-corrected chi connectivity index (χ1v) is 7.69. The Balaban J connectivity index is 1.79. The molecule has 3 aromatic heterocycles. The second-order valence-corrected chi connectivity index (χ2v) is 5.91. The highest BCUT2D eigenvalue weighted by Crippen LogP contribution is 2.20. The Labute approximate surface area is 139 Å². The number of esters is 1. The van der Waals surface area contributed by atoms with Crippen LogP contribution in [-0.2, 0) is 11.3 Å². The molecule has 3 heterocycles. The lowest BCUT2D eigenvalue weighted by Crippen LogP contribution is -2.08. The second-order valence-electron chi connectivity index (χ2n) is 5.91. The summed E-state index contributed by atoms with van der Waals surface area (Å²) in [4.78, 5) is 31.4. The number of Topliss-reactive ketones (excluding diaryl/α,β-unsaturated/α-hetero) is 1. The average molecular weight is 325 g/mol. The molecule has 0 saturated carbocycles. The number of carbonyl (C=O) groups is 2. The molecule has 0 aliphatic carbocycles. The molecule has 6 heteroatoms. The molecule has 124 valence electrons. The molecule has 0 fully saturated rings.